The first kappa shape index (κ1) is 29.3. The molecule has 8 heteroatoms. The van der Waals surface area contributed by atoms with Crippen LogP contribution in [0.2, 0.25) is 0 Å². The molecule has 1 unspecified atom stereocenters. The van der Waals surface area contributed by atoms with Crippen molar-refractivity contribution >= 4 is 35.8 Å². The van der Waals surface area contributed by atoms with E-state index in [9.17, 15) is 4.79 Å². The van der Waals surface area contributed by atoms with Crippen LogP contribution in [0.1, 0.15) is 64.0 Å². The van der Waals surface area contributed by atoms with Crippen molar-refractivity contribution < 1.29 is 14.3 Å². The van der Waals surface area contributed by atoms with E-state index in [1.54, 1.807) is 21.3 Å². The predicted molar refractivity (Wildman–Crippen MR) is 146 cm³/mol. The minimum absolute atomic E-state index is 0. The van der Waals surface area contributed by atoms with E-state index in [1.165, 1.54) is 18.4 Å². The first-order valence-corrected chi connectivity index (χ1v) is 11.9. The number of aliphatic imine (C=N–C) groups is 1. The lowest BCUT2D eigenvalue weighted by Gasteiger charge is -2.29. The van der Waals surface area contributed by atoms with Crippen LogP contribution in [-0.4, -0.2) is 57.2 Å². The fraction of sp³-hybridized carbons (Fsp3) is 0.680. The number of hydrogen-bond donors (Lipinski definition) is 2. The van der Waals surface area contributed by atoms with Crippen molar-refractivity contribution in [1.82, 2.24) is 15.5 Å². The second-order valence-electron chi connectivity index (χ2n) is 9.01. The van der Waals surface area contributed by atoms with Crippen molar-refractivity contribution in [2.75, 3.05) is 34.4 Å². The van der Waals surface area contributed by atoms with Gasteiger partial charge in [0, 0.05) is 39.1 Å². The Hall–Kier alpha value is -1.71. The molecule has 1 atom stereocenters. The summed E-state index contributed by atoms with van der Waals surface area (Å²) >= 11 is 0. The van der Waals surface area contributed by atoms with Gasteiger partial charge in [0.2, 0.25) is 5.91 Å². The first-order valence-electron chi connectivity index (χ1n) is 11.9. The number of guanidine groups is 1. The molecule has 0 fully saturated rings. The highest BCUT2D eigenvalue weighted by Gasteiger charge is 2.22. The number of carbonyl (C=O) groups excluding carboxylic acids is 1. The van der Waals surface area contributed by atoms with E-state index in [0.717, 1.165) is 55.5 Å². The highest BCUT2D eigenvalue weighted by atomic mass is 127. The number of fused-ring (bicyclic) bond motifs is 1. The SMILES string of the molecule is CN=C(NCCCC(=O)N1CCc2cc(OC)c(OC)cc2C1)NC(C)CCCC(C)C.I. The van der Waals surface area contributed by atoms with Gasteiger partial charge < -0.3 is 25.0 Å². The van der Waals surface area contributed by atoms with E-state index >= 15 is 0 Å². The molecule has 1 heterocycles. The summed E-state index contributed by atoms with van der Waals surface area (Å²) in [6.07, 6.45) is 5.74. The molecule has 0 bridgehead atoms. The maximum atomic E-state index is 12.7. The van der Waals surface area contributed by atoms with E-state index in [1.807, 2.05) is 17.0 Å². The molecular weight excluding hydrogens is 531 g/mol. The number of nitrogens with zero attached hydrogens (tertiary/aromatic N) is 2. The smallest absolute Gasteiger partial charge is 0.222 e. The highest BCUT2D eigenvalue weighted by molar-refractivity contribution is 14.0. The molecule has 2 rings (SSSR count). The Morgan fingerprint density at radius 3 is 2.36 bits per heavy atom. The summed E-state index contributed by atoms with van der Waals surface area (Å²) in [5, 5.41) is 6.78. The van der Waals surface area contributed by atoms with Gasteiger partial charge in [0.15, 0.2) is 17.5 Å². The van der Waals surface area contributed by atoms with Gasteiger partial charge >= 0.3 is 0 Å². The van der Waals surface area contributed by atoms with Crippen LogP contribution >= 0.6 is 24.0 Å². The topological polar surface area (TPSA) is 75.2 Å². The van der Waals surface area contributed by atoms with E-state index in [0.29, 0.717) is 24.8 Å². The molecule has 0 spiro atoms. The number of rotatable bonds is 11. The van der Waals surface area contributed by atoms with Gasteiger partial charge in [-0.2, -0.15) is 0 Å². The number of carbonyl (C=O) groups is 1. The summed E-state index contributed by atoms with van der Waals surface area (Å²) in [6, 6.07) is 4.40. The van der Waals surface area contributed by atoms with Crippen molar-refractivity contribution in [3.8, 4) is 11.5 Å². The Kier molecular flexibility index (Phi) is 13.5. The average molecular weight is 575 g/mol. The Labute approximate surface area is 217 Å². The largest absolute Gasteiger partial charge is 0.493 e. The lowest BCUT2D eigenvalue weighted by atomic mass is 9.98. The summed E-state index contributed by atoms with van der Waals surface area (Å²) in [4.78, 5) is 19.0. The summed E-state index contributed by atoms with van der Waals surface area (Å²) in [5.41, 5.74) is 2.36. The lowest BCUT2D eigenvalue weighted by Crippen LogP contribution is -2.42. The molecule has 1 aromatic rings. The van der Waals surface area contributed by atoms with Crippen LogP contribution in [0.15, 0.2) is 17.1 Å². The summed E-state index contributed by atoms with van der Waals surface area (Å²) < 4.78 is 10.8. The normalized spacial score (nSPS) is 14.3. The van der Waals surface area contributed by atoms with E-state index in [2.05, 4.69) is 36.4 Å². The number of ether oxygens (including phenoxy) is 2. The Balaban J connectivity index is 0.00000544. The highest BCUT2D eigenvalue weighted by Crippen LogP contribution is 2.33. The van der Waals surface area contributed by atoms with Crippen LogP contribution in [0.5, 0.6) is 11.5 Å². The fourth-order valence-electron chi connectivity index (χ4n) is 4.03. The van der Waals surface area contributed by atoms with Crippen LogP contribution in [0, 0.1) is 5.92 Å². The summed E-state index contributed by atoms with van der Waals surface area (Å²) in [6.45, 7) is 8.80. The third-order valence-corrected chi connectivity index (χ3v) is 5.96. The van der Waals surface area contributed by atoms with Crippen LogP contribution < -0.4 is 20.1 Å². The van der Waals surface area contributed by atoms with E-state index in [4.69, 9.17) is 9.47 Å². The van der Waals surface area contributed by atoms with Gasteiger partial charge in [-0.15, -0.1) is 24.0 Å². The molecule has 1 aliphatic rings. The number of methoxy groups -OCH3 is 2. The monoisotopic (exact) mass is 574 g/mol. The average Bonchev–Trinajstić information content (AvgIpc) is 2.79. The van der Waals surface area contributed by atoms with Crippen LogP contribution in [0.4, 0.5) is 0 Å². The standard InChI is InChI=1S/C25H42N4O3.HI/c1-18(2)9-7-10-19(3)28-25(26-4)27-13-8-11-24(30)29-14-12-20-15-22(31-5)23(32-6)16-21(20)17-29;/h15-16,18-19H,7-14,17H2,1-6H3,(H2,26,27,28);1H. The molecule has 0 saturated carbocycles. The summed E-state index contributed by atoms with van der Waals surface area (Å²) in [5.74, 6) is 3.20. The number of hydrogen-bond acceptors (Lipinski definition) is 4. The zero-order chi connectivity index (χ0) is 23.5. The minimum Gasteiger partial charge on any atom is -0.493 e. The molecular formula is C25H43IN4O3. The van der Waals surface area contributed by atoms with Crippen molar-refractivity contribution in [3.63, 3.8) is 0 Å². The molecule has 1 amide bonds. The molecule has 188 valence electrons. The Bertz CT molecular complexity index is 770. The fourth-order valence-corrected chi connectivity index (χ4v) is 4.03. The molecule has 0 aromatic heterocycles. The van der Waals surface area contributed by atoms with Gasteiger partial charge in [-0.3, -0.25) is 9.79 Å². The molecule has 33 heavy (non-hydrogen) atoms. The second kappa shape index (κ2) is 15.2. The molecule has 1 aliphatic heterocycles. The van der Waals surface area contributed by atoms with Crippen LogP contribution in [0.3, 0.4) is 0 Å². The Morgan fingerprint density at radius 2 is 1.76 bits per heavy atom. The van der Waals surface area contributed by atoms with Gasteiger partial charge in [0.25, 0.3) is 0 Å². The molecule has 7 nitrogen and oxygen atoms in total. The number of benzene rings is 1. The third kappa shape index (κ3) is 9.59. The summed E-state index contributed by atoms with van der Waals surface area (Å²) in [7, 11) is 5.07. The van der Waals surface area contributed by atoms with Crippen molar-refractivity contribution in [2.24, 2.45) is 10.9 Å². The zero-order valence-corrected chi connectivity index (χ0v) is 23.5. The number of halogens is 1. The van der Waals surface area contributed by atoms with Crippen LogP contribution in [0.25, 0.3) is 0 Å². The second-order valence-corrected chi connectivity index (χ2v) is 9.01. The van der Waals surface area contributed by atoms with Gasteiger partial charge in [0.1, 0.15) is 0 Å². The van der Waals surface area contributed by atoms with Crippen molar-refractivity contribution in [1.29, 1.82) is 0 Å². The number of amides is 1. The molecule has 0 radical (unpaired) electrons. The van der Waals surface area contributed by atoms with Gasteiger partial charge in [-0.25, -0.2) is 0 Å². The predicted octanol–water partition coefficient (Wildman–Crippen LogP) is 4.37. The van der Waals surface area contributed by atoms with E-state index in [-0.39, 0.29) is 29.9 Å². The molecule has 0 aliphatic carbocycles. The van der Waals surface area contributed by atoms with Gasteiger partial charge in [-0.05, 0) is 55.4 Å². The van der Waals surface area contributed by atoms with Crippen molar-refractivity contribution in [2.45, 2.75) is 71.9 Å². The zero-order valence-electron chi connectivity index (χ0n) is 21.2. The number of nitrogens with one attached hydrogen (secondary N) is 2. The maximum absolute atomic E-state index is 12.7. The first-order chi connectivity index (χ1) is 15.4. The van der Waals surface area contributed by atoms with E-state index < -0.39 is 0 Å². The third-order valence-electron chi connectivity index (χ3n) is 5.96. The molecule has 2 N–H and O–H groups in total. The molecule has 0 saturated heterocycles. The Morgan fingerprint density at radius 1 is 1.09 bits per heavy atom. The van der Waals surface area contributed by atoms with Gasteiger partial charge in [0.05, 0.1) is 14.2 Å². The lowest BCUT2D eigenvalue weighted by molar-refractivity contribution is -0.132. The van der Waals surface area contributed by atoms with Crippen LogP contribution in [-0.2, 0) is 17.8 Å². The maximum Gasteiger partial charge on any atom is 0.222 e. The van der Waals surface area contributed by atoms with Crippen molar-refractivity contribution in [3.05, 3.63) is 23.3 Å². The molecule has 1 aromatic carbocycles. The van der Waals surface area contributed by atoms with Gasteiger partial charge in [-0.1, -0.05) is 26.7 Å². The minimum atomic E-state index is 0. The quantitative estimate of drug-likeness (QED) is 0.178.